The van der Waals surface area contributed by atoms with E-state index in [9.17, 15) is 0 Å². The van der Waals surface area contributed by atoms with Gasteiger partial charge in [0, 0.05) is 30.3 Å². The Morgan fingerprint density at radius 2 is 2.00 bits per heavy atom. The van der Waals surface area contributed by atoms with Crippen molar-refractivity contribution in [3.8, 4) is 0 Å². The summed E-state index contributed by atoms with van der Waals surface area (Å²) in [6.45, 7) is 4.76. The molecule has 1 saturated carbocycles. The Hall–Kier alpha value is -2.70. The largest absolute Gasteiger partial charge is 0.346 e. The lowest BCUT2D eigenvalue weighted by molar-refractivity contribution is 0.315. The minimum atomic E-state index is 0.368. The highest BCUT2D eigenvalue weighted by molar-refractivity contribution is 5.87. The molecule has 1 aliphatic carbocycles. The van der Waals surface area contributed by atoms with Crippen molar-refractivity contribution < 1.29 is 0 Å². The van der Waals surface area contributed by atoms with Crippen LogP contribution in [0.1, 0.15) is 36.8 Å². The van der Waals surface area contributed by atoms with Crippen LogP contribution in [-0.2, 0) is 6.54 Å². The van der Waals surface area contributed by atoms with Gasteiger partial charge in [-0.2, -0.15) is 0 Å². The van der Waals surface area contributed by atoms with Crippen LogP contribution in [0.25, 0.3) is 5.70 Å². The molecule has 1 fully saturated rings. The molecule has 27 heavy (non-hydrogen) atoms. The Morgan fingerprint density at radius 1 is 1.22 bits per heavy atom. The summed E-state index contributed by atoms with van der Waals surface area (Å²) < 4.78 is 0. The van der Waals surface area contributed by atoms with Gasteiger partial charge in [0.25, 0.3) is 0 Å². The molecule has 6 heteroatoms. The van der Waals surface area contributed by atoms with E-state index in [1.165, 1.54) is 5.56 Å². The number of allylic oxidation sites excluding steroid dienone is 1. The third kappa shape index (κ3) is 3.72. The van der Waals surface area contributed by atoms with Crippen LogP contribution in [-0.4, -0.2) is 29.1 Å². The van der Waals surface area contributed by atoms with E-state index in [1.807, 2.05) is 12.3 Å². The predicted molar refractivity (Wildman–Crippen MR) is 110 cm³/mol. The van der Waals surface area contributed by atoms with Crippen LogP contribution < -0.4 is 11.2 Å². The number of nitrogens with one attached hydrogen (secondary N) is 2. The first-order valence-corrected chi connectivity index (χ1v) is 9.50. The van der Waals surface area contributed by atoms with Crippen LogP contribution in [0.5, 0.6) is 0 Å². The van der Waals surface area contributed by atoms with Crippen molar-refractivity contribution in [1.29, 1.82) is 0 Å². The van der Waals surface area contributed by atoms with E-state index in [0.717, 1.165) is 55.0 Å². The number of benzene rings is 1. The predicted octanol–water partition coefficient (Wildman–Crippen LogP) is 3.58. The molecular weight excluding hydrogens is 336 g/mol. The summed E-state index contributed by atoms with van der Waals surface area (Å²) >= 11 is 0. The summed E-state index contributed by atoms with van der Waals surface area (Å²) in [6.07, 6.45) is 7.92. The molecule has 1 aliphatic heterocycles. The Labute approximate surface area is 159 Å². The Morgan fingerprint density at radius 3 is 2.74 bits per heavy atom. The molecule has 2 heterocycles. The van der Waals surface area contributed by atoms with Gasteiger partial charge in [-0.3, -0.25) is 10.0 Å². The number of H-pyrrole nitrogens is 1. The molecule has 0 bridgehead atoms. The third-order valence-corrected chi connectivity index (χ3v) is 5.51. The first-order valence-electron chi connectivity index (χ1n) is 9.50. The highest BCUT2D eigenvalue weighted by atomic mass is 15.4. The van der Waals surface area contributed by atoms with E-state index in [1.54, 1.807) is 11.3 Å². The first kappa shape index (κ1) is 17.7. The zero-order chi connectivity index (χ0) is 18.6. The van der Waals surface area contributed by atoms with Crippen molar-refractivity contribution in [2.75, 3.05) is 0 Å². The number of aromatic nitrogens is 1. The average molecular weight is 362 g/mol. The van der Waals surface area contributed by atoms with Crippen molar-refractivity contribution in [2.45, 2.75) is 38.3 Å². The fourth-order valence-electron chi connectivity index (χ4n) is 4.07. The smallest absolute Gasteiger partial charge is 0.141 e. The molecule has 6 nitrogen and oxygen atoms in total. The molecule has 0 radical (unpaired) electrons. The van der Waals surface area contributed by atoms with Crippen LogP contribution in [0, 0.1) is 5.92 Å². The van der Waals surface area contributed by atoms with Crippen LogP contribution in [0.2, 0.25) is 0 Å². The number of aromatic amines is 1. The van der Waals surface area contributed by atoms with Gasteiger partial charge >= 0.3 is 0 Å². The van der Waals surface area contributed by atoms with E-state index in [2.05, 4.69) is 57.3 Å². The minimum absolute atomic E-state index is 0.368. The maximum Gasteiger partial charge on any atom is 0.141 e. The van der Waals surface area contributed by atoms with Crippen LogP contribution in [0.15, 0.2) is 58.3 Å². The van der Waals surface area contributed by atoms with Crippen molar-refractivity contribution in [1.82, 2.24) is 15.3 Å². The lowest BCUT2D eigenvalue weighted by Crippen LogP contribution is -2.35. The maximum absolute atomic E-state index is 6.19. The summed E-state index contributed by atoms with van der Waals surface area (Å²) in [7, 11) is 0. The van der Waals surface area contributed by atoms with E-state index >= 15 is 0 Å². The second-order valence-corrected chi connectivity index (χ2v) is 7.20. The standard InChI is InChI=1S/C21H26N6/c1-23-19(20-18-11-12-24-21(18)26-14-27(20)22)16-7-9-17(10-8-16)25-13-15-5-3-2-4-6-15/h2-6,11-12,14,16-17,24-25H,1,7-10,13,22H2/b20-19-/t16-,17-. The van der Waals surface area contributed by atoms with Crippen molar-refractivity contribution in [2.24, 2.45) is 21.7 Å². The van der Waals surface area contributed by atoms with Gasteiger partial charge < -0.3 is 10.3 Å². The molecule has 2 aromatic rings. The van der Waals surface area contributed by atoms with Gasteiger partial charge in [0.1, 0.15) is 12.2 Å². The highest BCUT2D eigenvalue weighted by Gasteiger charge is 2.29. The number of nitrogens with zero attached hydrogens (tertiary/aromatic N) is 3. The summed E-state index contributed by atoms with van der Waals surface area (Å²) in [5, 5.41) is 5.26. The summed E-state index contributed by atoms with van der Waals surface area (Å²) in [5.41, 5.74) is 4.21. The molecule has 0 atom stereocenters. The molecule has 140 valence electrons. The fraction of sp³-hybridized carbons (Fsp3) is 0.333. The van der Waals surface area contributed by atoms with Gasteiger partial charge in [-0.15, -0.1) is 0 Å². The number of fused-ring (bicyclic) bond motifs is 1. The molecular formula is C21H26N6. The normalized spacial score (nSPS) is 23.8. The van der Waals surface area contributed by atoms with Gasteiger partial charge in [-0.1, -0.05) is 30.3 Å². The van der Waals surface area contributed by atoms with Crippen molar-refractivity contribution in [3.05, 3.63) is 59.4 Å². The van der Waals surface area contributed by atoms with Gasteiger partial charge in [0.2, 0.25) is 0 Å². The van der Waals surface area contributed by atoms with Crippen LogP contribution in [0.3, 0.4) is 0 Å². The van der Waals surface area contributed by atoms with Crippen molar-refractivity contribution in [3.63, 3.8) is 0 Å². The number of hydrogen-bond donors (Lipinski definition) is 3. The molecule has 0 unspecified atom stereocenters. The fourth-order valence-corrected chi connectivity index (χ4v) is 4.07. The lowest BCUT2D eigenvalue weighted by Gasteiger charge is -2.32. The maximum atomic E-state index is 6.19. The van der Waals surface area contributed by atoms with Crippen molar-refractivity contribution >= 4 is 24.6 Å². The zero-order valence-electron chi connectivity index (χ0n) is 15.4. The van der Waals surface area contributed by atoms with Gasteiger partial charge in [-0.05, 0) is 44.0 Å². The minimum Gasteiger partial charge on any atom is -0.346 e. The third-order valence-electron chi connectivity index (χ3n) is 5.51. The molecule has 1 aromatic heterocycles. The summed E-state index contributed by atoms with van der Waals surface area (Å²) in [5.74, 6) is 7.38. The summed E-state index contributed by atoms with van der Waals surface area (Å²) in [4.78, 5) is 11.9. The molecule has 0 amide bonds. The number of rotatable bonds is 5. The van der Waals surface area contributed by atoms with E-state index in [4.69, 9.17) is 5.84 Å². The van der Waals surface area contributed by atoms with E-state index in [0.29, 0.717) is 12.0 Å². The Kier molecular flexibility index (Phi) is 5.18. The second kappa shape index (κ2) is 7.90. The van der Waals surface area contributed by atoms with E-state index < -0.39 is 0 Å². The van der Waals surface area contributed by atoms with Crippen LogP contribution >= 0.6 is 0 Å². The molecule has 1 aromatic carbocycles. The first-order chi connectivity index (χ1) is 13.3. The van der Waals surface area contributed by atoms with Gasteiger partial charge in [0.05, 0.1) is 11.4 Å². The Bertz CT molecular complexity index is 843. The van der Waals surface area contributed by atoms with Crippen LogP contribution in [0.4, 0.5) is 5.82 Å². The quantitative estimate of drug-likeness (QED) is 0.562. The highest BCUT2D eigenvalue weighted by Crippen LogP contribution is 2.39. The second-order valence-electron chi connectivity index (χ2n) is 7.20. The van der Waals surface area contributed by atoms with Gasteiger partial charge in [-0.25, -0.2) is 10.8 Å². The zero-order valence-corrected chi connectivity index (χ0v) is 15.4. The molecule has 2 aliphatic rings. The average Bonchev–Trinajstić information content (AvgIpc) is 3.19. The number of hydrazine groups is 1. The molecule has 0 saturated heterocycles. The molecule has 0 spiro atoms. The number of hydrogen-bond acceptors (Lipinski definition) is 5. The van der Waals surface area contributed by atoms with E-state index in [-0.39, 0.29) is 0 Å². The SMILES string of the molecule is C=N/C(=C1/c2cc[nH]c2N=CN1N)[C@H]1CC[C@H](NCc2ccccc2)CC1. The lowest BCUT2D eigenvalue weighted by atomic mass is 9.82. The number of aliphatic imine (C=N–C) groups is 2. The Balaban J connectivity index is 1.44. The topological polar surface area (TPSA) is 81.8 Å². The van der Waals surface area contributed by atoms with Gasteiger partial charge in [0.15, 0.2) is 0 Å². The molecule has 4 rings (SSSR count). The summed E-state index contributed by atoms with van der Waals surface area (Å²) in [6, 6.07) is 13.1. The molecule has 4 N–H and O–H groups in total. The number of nitrogens with two attached hydrogens (primary N) is 1. The monoisotopic (exact) mass is 362 g/mol.